The highest BCUT2D eigenvalue weighted by Gasteiger charge is 2.59. The van der Waals surface area contributed by atoms with Crippen LogP contribution in [0.4, 0.5) is 0 Å². The van der Waals surface area contributed by atoms with Crippen molar-refractivity contribution in [2.24, 2.45) is 45.6 Å². The first kappa shape index (κ1) is 22.8. The number of allylic oxidation sites excluding steroid dienone is 2. The zero-order valence-electron chi connectivity index (χ0n) is 19.6. The predicted molar refractivity (Wildman–Crippen MR) is 121 cm³/mol. The van der Waals surface area contributed by atoms with Crippen LogP contribution in [-0.2, 0) is 0 Å². The summed E-state index contributed by atoms with van der Waals surface area (Å²) in [5, 5.41) is 22.9. The minimum atomic E-state index is -0.0329. The first-order valence-corrected chi connectivity index (χ1v) is 12.2. The zero-order chi connectivity index (χ0) is 21.2. The SMILES string of the molecule is CC(C)=CCC[C@@H](C)[C@H]1CC[C@H]2[C@@H]3CC/C(=N\O)[C@](C)(CCCO)[C@H]3CC[C@]12C. The van der Waals surface area contributed by atoms with Gasteiger partial charge in [-0.15, -0.1) is 0 Å². The number of aliphatic hydroxyl groups is 1. The van der Waals surface area contributed by atoms with E-state index in [-0.39, 0.29) is 12.0 Å². The van der Waals surface area contributed by atoms with Crippen molar-refractivity contribution in [2.45, 2.75) is 98.8 Å². The Morgan fingerprint density at radius 2 is 1.93 bits per heavy atom. The summed E-state index contributed by atoms with van der Waals surface area (Å²) in [7, 11) is 0. The van der Waals surface area contributed by atoms with Gasteiger partial charge in [-0.05, 0) is 113 Å². The summed E-state index contributed by atoms with van der Waals surface area (Å²) >= 11 is 0. The second-order valence-electron chi connectivity index (χ2n) is 11.3. The molecule has 0 aromatic heterocycles. The van der Waals surface area contributed by atoms with Crippen molar-refractivity contribution in [3.63, 3.8) is 0 Å². The first-order chi connectivity index (χ1) is 13.8. The second kappa shape index (κ2) is 9.12. The van der Waals surface area contributed by atoms with E-state index in [2.05, 4.69) is 45.9 Å². The predicted octanol–water partition coefficient (Wildman–Crippen LogP) is 6.83. The van der Waals surface area contributed by atoms with Crippen molar-refractivity contribution in [3.8, 4) is 0 Å². The molecule has 0 unspecified atom stereocenters. The zero-order valence-corrected chi connectivity index (χ0v) is 19.6. The average molecular weight is 404 g/mol. The molecule has 0 aromatic rings. The monoisotopic (exact) mass is 403 g/mol. The van der Waals surface area contributed by atoms with E-state index in [0.717, 1.165) is 48.6 Å². The Morgan fingerprint density at radius 1 is 1.17 bits per heavy atom. The maximum atomic E-state index is 9.71. The summed E-state index contributed by atoms with van der Waals surface area (Å²) < 4.78 is 0. The highest BCUT2D eigenvalue weighted by molar-refractivity contribution is 5.90. The normalized spacial score (nSPS) is 41.7. The lowest BCUT2D eigenvalue weighted by atomic mass is 9.47. The van der Waals surface area contributed by atoms with Crippen LogP contribution in [0.5, 0.6) is 0 Å². The largest absolute Gasteiger partial charge is 0.411 e. The highest BCUT2D eigenvalue weighted by atomic mass is 16.4. The minimum Gasteiger partial charge on any atom is -0.411 e. The van der Waals surface area contributed by atoms with Gasteiger partial charge in [-0.25, -0.2) is 0 Å². The maximum absolute atomic E-state index is 9.71. The molecule has 3 fully saturated rings. The fraction of sp³-hybridized carbons (Fsp3) is 0.885. The lowest BCUT2D eigenvalue weighted by Crippen LogP contribution is -2.52. The minimum absolute atomic E-state index is 0.0329. The maximum Gasteiger partial charge on any atom is 0.0632 e. The fourth-order valence-electron chi connectivity index (χ4n) is 8.04. The number of oxime groups is 1. The Morgan fingerprint density at radius 3 is 2.59 bits per heavy atom. The van der Waals surface area contributed by atoms with E-state index in [1.807, 2.05) is 0 Å². The number of hydrogen-bond acceptors (Lipinski definition) is 3. The average Bonchev–Trinajstić information content (AvgIpc) is 3.03. The quantitative estimate of drug-likeness (QED) is 0.278. The van der Waals surface area contributed by atoms with Crippen LogP contribution < -0.4 is 0 Å². The topological polar surface area (TPSA) is 52.8 Å². The summed E-state index contributed by atoms with van der Waals surface area (Å²) in [6, 6.07) is 0. The Hall–Kier alpha value is -0.830. The van der Waals surface area contributed by atoms with E-state index >= 15 is 0 Å². The van der Waals surface area contributed by atoms with E-state index in [1.165, 1.54) is 50.5 Å². The van der Waals surface area contributed by atoms with E-state index in [1.54, 1.807) is 0 Å². The molecule has 3 saturated carbocycles. The summed E-state index contributed by atoms with van der Waals surface area (Å²) in [6.45, 7) is 12.1. The molecule has 3 aliphatic carbocycles. The van der Waals surface area contributed by atoms with Gasteiger partial charge in [0.25, 0.3) is 0 Å². The summed E-state index contributed by atoms with van der Waals surface area (Å²) in [4.78, 5) is 0. The Bertz CT molecular complexity index is 622. The van der Waals surface area contributed by atoms with E-state index in [9.17, 15) is 10.3 Å². The lowest BCUT2D eigenvalue weighted by Gasteiger charge is -2.57. The molecule has 3 rings (SSSR count). The van der Waals surface area contributed by atoms with Gasteiger partial charge in [0.05, 0.1) is 5.71 Å². The van der Waals surface area contributed by atoms with Gasteiger partial charge in [0, 0.05) is 12.0 Å². The number of hydrogen-bond donors (Lipinski definition) is 2. The third kappa shape index (κ3) is 4.18. The van der Waals surface area contributed by atoms with Gasteiger partial charge in [0.2, 0.25) is 0 Å². The lowest BCUT2D eigenvalue weighted by molar-refractivity contribution is -0.0456. The summed E-state index contributed by atoms with van der Waals surface area (Å²) in [6.07, 6.45) is 14.2. The van der Waals surface area contributed by atoms with Crippen molar-refractivity contribution >= 4 is 5.71 Å². The molecule has 0 saturated heterocycles. The molecule has 166 valence electrons. The Kier molecular flexibility index (Phi) is 7.18. The van der Waals surface area contributed by atoms with Gasteiger partial charge in [-0.1, -0.05) is 37.6 Å². The number of rotatable bonds is 7. The van der Waals surface area contributed by atoms with Crippen LogP contribution in [-0.4, -0.2) is 22.6 Å². The van der Waals surface area contributed by atoms with Crippen LogP contribution in [0.15, 0.2) is 16.8 Å². The van der Waals surface area contributed by atoms with Gasteiger partial charge < -0.3 is 10.3 Å². The molecular formula is C26H45NO2. The standard InChI is InChI=1S/C26H45NO2/c1-18(2)8-6-9-19(3)21-11-12-22-20-10-13-24(27-29)26(5,15-7-17-28)23(20)14-16-25(21,22)4/h8,19-23,28-29H,6-7,9-17H2,1-5H3/b27-24+/t19-,20+,21-,22+,23+,25-,26-/m1/s1. The van der Waals surface area contributed by atoms with Crippen LogP contribution in [0, 0.1) is 40.4 Å². The number of fused-ring (bicyclic) bond motifs is 3. The van der Waals surface area contributed by atoms with Crippen molar-refractivity contribution in [2.75, 3.05) is 6.61 Å². The van der Waals surface area contributed by atoms with Crippen LogP contribution in [0.3, 0.4) is 0 Å². The van der Waals surface area contributed by atoms with Gasteiger partial charge in [-0.2, -0.15) is 0 Å². The van der Waals surface area contributed by atoms with Crippen molar-refractivity contribution in [3.05, 3.63) is 11.6 Å². The smallest absolute Gasteiger partial charge is 0.0632 e. The van der Waals surface area contributed by atoms with Crippen LogP contribution >= 0.6 is 0 Å². The van der Waals surface area contributed by atoms with Gasteiger partial charge in [0.15, 0.2) is 0 Å². The summed E-state index contributed by atoms with van der Waals surface area (Å²) in [5.41, 5.74) is 2.89. The molecule has 0 radical (unpaired) electrons. The molecule has 0 heterocycles. The fourth-order valence-corrected chi connectivity index (χ4v) is 8.04. The molecule has 29 heavy (non-hydrogen) atoms. The second-order valence-corrected chi connectivity index (χ2v) is 11.3. The molecule has 0 spiro atoms. The van der Waals surface area contributed by atoms with Crippen molar-refractivity contribution < 1.29 is 10.3 Å². The van der Waals surface area contributed by atoms with Crippen LogP contribution in [0.25, 0.3) is 0 Å². The third-order valence-corrected chi connectivity index (χ3v) is 9.54. The first-order valence-electron chi connectivity index (χ1n) is 12.2. The van der Waals surface area contributed by atoms with Crippen molar-refractivity contribution in [1.29, 1.82) is 0 Å². The van der Waals surface area contributed by atoms with Gasteiger partial charge in [0.1, 0.15) is 0 Å². The van der Waals surface area contributed by atoms with E-state index < -0.39 is 0 Å². The van der Waals surface area contributed by atoms with Crippen molar-refractivity contribution in [1.82, 2.24) is 0 Å². The van der Waals surface area contributed by atoms with E-state index in [4.69, 9.17) is 0 Å². The molecule has 7 atom stereocenters. The third-order valence-electron chi connectivity index (χ3n) is 9.54. The molecule has 0 bridgehead atoms. The van der Waals surface area contributed by atoms with E-state index in [0.29, 0.717) is 11.3 Å². The molecule has 0 aromatic carbocycles. The highest BCUT2D eigenvalue weighted by Crippen LogP contribution is 2.66. The van der Waals surface area contributed by atoms with Gasteiger partial charge >= 0.3 is 0 Å². The molecule has 3 nitrogen and oxygen atoms in total. The molecule has 3 heteroatoms. The number of nitrogens with zero attached hydrogens (tertiary/aromatic N) is 1. The van der Waals surface area contributed by atoms with Gasteiger partial charge in [-0.3, -0.25) is 0 Å². The molecular weight excluding hydrogens is 358 g/mol. The molecule has 2 N–H and O–H groups in total. The Balaban J connectivity index is 1.77. The molecule has 3 aliphatic rings. The molecule has 0 amide bonds. The van der Waals surface area contributed by atoms with Crippen LogP contribution in [0.2, 0.25) is 0 Å². The number of aliphatic hydroxyl groups excluding tert-OH is 1. The van der Waals surface area contributed by atoms with Crippen LogP contribution in [0.1, 0.15) is 98.8 Å². The molecule has 0 aliphatic heterocycles. The summed E-state index contributed by atoms with van der Waals surface area (Å²) in [5.74, 6) is 3.86. The Labute approximate surface area is 179 Å².